The summed E-state index contributed by atoms with van der Waals surface area (Å²) in [4.78, 5) is 14.6. The van der Waals surface area contributed by atoms with Gasteiger partial charge in [-0.3, -0.25) is 4.79 Å². The predicted octanol–water partition coefficient (Wildman–Crippen LogP) is 4.40. The van der Waals surface area contributed by atoms with E-state index in [9.17, 15) is 4.79 Å². The van der Waals surface area contributed by atoms with Gasteiger partial charge in [0.25, 0.3) is 0 Å². The van der Waals surface area contributed by atoms with Crippen LogP contribution in [-0.2, 0) is 0 Å². The predicted molar refractivity (Wildman–Crippen MR) is 89.2 cm³/mol. The lowest BCUT2D eigenvalue weighted by atomic mass is 10.0. The third-order valence-electron chi connectivity index (χ3n) is 3.80. The molecule has 2 aromatic carbocycles. The largest absolute Gasteiger partial charge is 0.371 e. The summed E-state index contributed by atoms with van der Waals surface area (Å²) >= 11 is 0. The van der Waals surface area contributed by atoms with Gasteiger partial charge in [-0.05, 0) is 44.0 Å². The Morgan fingerprint density at radius 2 is 1.81 bits per heavy atom. The smallest absolute Gasteiger partial charge is 0.164 e. The summed E-state index contributed by atoms with van der Waals surface area (Å²) in [7, 11) is 0. The average Bonchev–Trinajstić information content (AvgIpc) is 2.48. The highest BCUT2D eigenvalue weighted by Crippen LogP contribution is 2.17. The van der Waals surface area contributed by atoms with Gasteiger partial charge in [0.2, 0.25) is 0 Å². The minimum atomic E-state index is 0.221. The molecule has 110 valence electrons. The number of Topliss-reactive ketones (excluding diaryl/α,β-unsaturated/α-hetero) is 1. The van der Waals surface area contributed by atoms with Crippen LogP contribution in [0.1, 0.15) is 34.8 Å². The molecule has 0 saturated heterocycles. The number of hydrogen-bond acceptors (Lipinski definition) is 2. The van der Waals surface area contributed by atoms with E-state index in [4.69, 9.17) is 0 Å². The lowest BCUT2D eigenvalue weighted by molar-refractivity contribution is 0.0984. The quantitative estimate of drug-likeness (QED) is 0.731. The van der Waals surface area contributed by atoms with Crippen LogP contribution < -0.4 is 4.90 Å². The van der Waals surface area contributed by atoms with Crippen molar-refractivity contribution in [1.82, 2.24) is 0 Å². The summed E-state index contributed by atoms with van der Waals surface area (Å²) in [5, 5.41) is 0. The Hall–Kier alpha value is -2.09. The van der Waals surface area contributed by atoms with Gasteiger partial charge in [-0.2, -0.15) is 0 Å². The molecule has 0 heterocycles. The molecule has 0 aliphatic heterocycles. The molecule has 0 atom stereocenters. The molecule has 0 spiro atoms. The van der Waals surface area contributed by atoms with Gasteiger partial charge < -0.3 is 4.90 Å². The Labute approximate surface area is 127 Å². The second kappa shape index (κ2) is 7.07. The summed E-state index contributed by atoms with van der Waals surface area (Å²) in [6.07, 6.45) is 0.548. The number of anilines is 1. The molecular formula is C19H23NO. The van der Waals surface area contributed by atoms with Gasteiger partial charge in [-0.1, -0.05) is 36.4 Å². The van der Waals surface area contributed by atoms with Crippen LogP contribution in [0.2, 0.25) is 0 Å². The van der Waals surface area contributed by atoms with E-state index in [1.165, 1.54) is 11.3 Å². The molecule has 0 aromatic heterocycles. The number of carbonyl (C=O) groups is 1. The fraction of sp³-hybridized carbons (Fsp3) is 0.316. The molecule has 2 rings (SSSR count). The van der Waals surface area contributed by atoms with Gasteiger partial charge >= 0.3 is 0 Å². The Morgan fingerprint density at radius 3 is 2.48 bits per heavy atom. The lowest BCUT2D eigenvalue weighted by Gasteiger charge is -2.23. The summed E-state index contributed by atoms with van der Waals surface area (Å²) in [6.45, 7) is 7.87. The molecule has 21 heavy (non-hydrogen) atoms. The highest BCUT2D eigenvalue weighted by atomic mass is 16.1. The SMILES string of the molecule is CCN(CCC(=O)c1ccccc1C)c1cccc(C)c1. The number of hydrogen-bond donors (Lipinski definition) is 0. The van der Waals surface area contributed by atoms with Crippen LogP contribution in [0.5, 0.6) is 0 Å². The maximum absolute atomic E-state index is 12.4. The maximum atomic E-state index is 12.4. The first-order chi connectivity index (χ1) is 10.1. The van der Waals surface area contributed by atoms with Crippen molar-refractivity contribution in [3.8, 4) is 0 Å². The molecular weight excluding hydrogens is 258 g/mol. The number of carbonyl (C=O) groups excluding carboxylic acids is 1. The highest BCUT2D eigenvalue weighted by Gasteiger charge is 2.11. The standard InChI is InChI=1S/C19H23NO/c1-4-20(17-10-7-8-15(2)14-17)13-12-19(21)18-11-6-5-9-16(18)3/h5-11,14H,4,12-13H2,1-3H3. The number of aryl methyl sites for hydroxylation is 2. The molecule has 0 aliphatic carbocycles. The Bertz CT molecular complexity index is 618. The Kier molecular flexibility index (Phi) is 5.15. The first kappa shape index (κ1) is 15.3. The molecule has 0 amide bonds. The number of ketones is 1. The van der Waals surface area contributed by atoms with Crippen LogP contribution >= 0.6 is 0 Å². The van der Waals surface area contributed by atoms with Crippen LogP contribution in [0, 0.1) is 13.8 Å². The van der Waals surface area contributed by atoms with Crippen LogP contribution in [0.25, 0.3) is 0 Å². The third kappa shape index (κ3) is 3.94. The van der Waals surface area contributed by atoms with Crippen molar-refractivity contribution in [2.45, 2.75) is 27.2 Å². The molecule has 2 nitrogen and oxygen atoms in total. The van der Waals surface area contributed by atoms with Crippen LogP contribution in [0.3, 0.4) is 0 Å². The Balaban J connectivity index is 2.04. The van der Waals surface area contributed by atoms with Crippen molar-refractivity contribution >= 4 is 11.5 Å². The van der Waals surface area contributed by atoms with E-state index in [0.717, 1.165) is 24.2 Å². The molecule has 0 fully saturated rings. The van der Waals surface area contributed by atoms with Crippen molar-refractivity contribution < 1.29 is 4.79 Å². The molecule has 0 unspecified atom stereocenters. The minimum absolute atomic E-state index is 0.221. The zero-order valence-electron chi connectivity index (χ0n) is 13.1. The maximum Gasteiger partial charge on any atom is 0.164 e. The van der Waals surface area contributed by atoms with Gasteiger partial charge in [-0.25, -0.2) is 0 Å². The van der Waals surface area contributed by atoms with Gasteiger partial charge in [0.05, 0.1) is 0 Å². The Morgan fingerprint density at radius 1 is 1.05 bits per heavy atom. The van der Waals surface area contributed by atoms with E-state index in [-0.39, 0.29) is 5.78 Å². The highest BCUT2D eigenvalue weighted by molar-refractivity contribution is 5.97. The van der Waals surface area contributed by atoms with Crippen molar-refractivity contribution in [3.63, 3.8) is 0 Å². The second-order valence-corrected chi connectivity index (χ2v) is 5.41. The van der Waals surface area contributed by atoms with E-state index in [0.29, 0.717) is 6.42 Å². The van der Waals surface area contributed by atoms with E-state index in [2.05, 4.69) is 43.0 Å². The van der Waals surface area contributed by atoms with E-state index >= 15 is 0 Å². The topological polar surface area (TPSA) is 20.3 Å². The van der Waals surface area contributed by atoms with Gasteiger partial charge in [0, 0.05) is 30.8 Å². The molecule has 0 saturated carbocycles. The van der Waals surface area contributed by atoms with Gasteiger partial charge in [0.1, 0.15) is 0 Å². The fourth-order valence-electron chi connectivity index (χ4n) is 2.55. The zero-order chi connectivity index (χ0) is 15.2. The molecule has 0 aliphatic rings. The normalized spacial score (nSPS) is 10.4. The van der Waals surface area contributed by atoms with Crippen molar-refractivity contribution in [2.75, 3.05) is 18.0 Å². The van der Waals surface area contributed by atoms with Crippen molar-refractivity contribution in [2.24, 2.45) is 0 Å². The fourth-order valence-corrected chi connectivity index (χ4v) is 2.55. The summed E-state index contributed by atoms with van der Waals surface area (Å²) < 4.78 is 0. The van der Waals surface area contributed by atoms with Crippen LogP contribution in [-0.4, -0.2) is 18.9 Å². The zero-order valence-corrected chi connectivity index (χ0v) is 13.1. The van der Waals surface area contributed by atoms with Gasteiger partial charge in [0.15, 0.2) is 5.78 Å². The van der Waals surface area contributed by atoms with Crippen molar-refractivity contribution in [1.29, 1.82) is 0 Å². The average molecular weight is 281 g/mol. The second-order valence-electron chi connectivity index (χ2n) is 5.41. The van der Waals surface area contributed by atoms with E-state index in [1.54, 1.807) is 0 Å². The van der Waals surface area contributed by atoms with E-state index < -0.39 is 0 Å². The minimum Gasteiger partial charge on any atom is -0.371 e. The van der Waals surface area contributed by atoms with Crippen LogP contribution in [0.15, 0.2) is 48.5 Å². The number of nitrogens with zero attached hydrogens (tertiary/aromatic N) is 1. The first-order valence-electron chi connectivity index (χ1n) is 7.52. The summed E-state index contributed by atoms with van der Waals surface area (Å²) in [5.41, 5.74) is 4.34. The number of benzene rings is 2. The lowest BCUT2D eigenvalue weighted by Crippen LogP contribution is -2.26. The molecule has 0 bridgehead atoms. The molecule has 2 heteroatoms. The monoisotopic (exact) mass is 281 g/mol. The van der Waals surface area contributed by atoms with Crippen LogP contribution in [0.4, 0.5) is 5.69 Å². The third-order valence-corrected chi connectivity index (χ3v) is 3.80. The molecule has 2 aromatic rings. The van der Waals surface area contributed by atoms with Gasteiger partial charge in [-0.15, -0.1) is 0 Å². The molecule has 0 radical (unpaired) electrons. The number of rotatable bonds is 6. The van der Waals surface area contributed by atoms with Crippen molar-refractivity contribution in [3.05, 3.63) is 65.2 Å². The first-order valence-corrected chi connectivity index (χ1v) is 7.52. The summed E-state index contributed by atoms with van der Waals surface area (Å²) in [6, 6.07) is 16.2. The van der Waals surface area contributed by atoms with E-state index in [1.807, 2.05) is 31.2 Å². The summed E-state index contributed by atoms with van der Waals surface area (Å²) in [5.74, 6) is 0.221. The molecule has 0 N–H and O–H groups in total.